The summed E-state index contributed by atoms with van der Waals surface area (Å²) >= 11 is 0. The molecule has 0 bridgehead atoms. The molecule has 1 heterocycles. The average Bonchev–Trinajstić information content (AvgIpc) is 3.12. The van der Waals surface area contributed by atoms with E-state index in [9.17, 15) is 9.18 Å². The third-order valence-corrected chi connectivity index (χ3v) is 4.39. The van der Waals surface area contributed by atoms with Crippen molar-refractivity contribution in [3.8, 4) is 22.8 Å². The molecule has 0 amide bonds. The third-order valence-electron chi connectivity index (χ3n) is 4.39. The highest BCUT2D eigenvalue weighted by Gasteiger charge is 2.16. The number of carbonyl (C=O) groups excluding carboxylic acids is 1. The van der Waals surface area contributed by atoms with Crippen molar-refractivity contribution in [2.75, 3.05) is 13.7 Å². The summed E-state index contributed by atoms with van der Waals surface area (Å²) in [5.74, 6) is 0.579. The summed E-state index contributed by atoms with van der Waals surface area (Å²) in [7, 11) is 1.53. The number of aromatic nitrogens is 1. The molecule has 3 rings (SSSR count). The van der Waals surface area contributed by atoms with Crippen LogP contribution in [0, 0.1) is 12.7 Å². The van der Waals surface area contributed by atoms with E-state index < -0.39 is 5.97 Å². The second kappa shape index (κ2) is 9.73. The van der Waals surface area contributed by atoms with Gasteiger partial charge >= 0.3 is 5.97 Å². The number of methoxy groups -OCH3 is 1. The topological polar surface area (TPSA) is 70.8 Å². The summed E-state index contributed by atoms with van der Waals surface area (Å²) in [6, 6.07) is 11.3. The van der Waals surface area contributed by atoms with Crippen LogP contribution in [-0.2, 0) is 16.1 Å². The normalized spacial score (nSPS) is 10.9. The Kier molecular flexibility index (Phi) is 6.85. The molecule has 0 spiro atoms. The van der Waals surface area contributed by atoms with E-state index in [1.165, 1.54) is 19.2 Å². The Balaban J connectivity index is 1.57. The van der Waals surface area contributed by atoms with Gasteiger partial charge < -0.3 is 18.7 Å². The van der Waals surface area contributed by atoms with Gasteiger partial charge in [-0.2, -0.15) is 0 Å². The molecule has 156 valence electrons. The van der Waals surface area contributed by atoms with Crippen LogP contribution in [0.5, 0.6) is 11.5 Å². The molecule has 0 saturated heterocycles. The Morgan fingerprint density at radius 3 is 2.63 bits per heavy atom. The number of nitrogens with zero attached hydrogens (tertiary/aromatic N) is 1. The monoisotopic (exact) mass is 411 g/mol. The van der Waals surface area contributed by atoms with Gasteiger partial charge in [0.25, 0.3) is 0 Å². The lowest BCUT2D eigenvalue weighted by molar-refractivity contribution is -0.147. The first-order valence-electron chi connectivity index (χ1n) is 9.32. The van der Waals surface area contributed by atoms with E-state index in [-0.39, 0.29) is 19.0 Å². The SMILES string of the molecule is C/C=C/c1ccc(OCC(=O)OCc2noc(-c3ccc(F)cc3)c2C)c(OC)c1. The highest BCUT2D eigenvalue weighted by atomic mass is 19.1. The van der Waals surface area contributed by atoms with Crippen LogP contribution < -0.4 is 9.47 Å². The maximum atomic E-state index is 13.1. The molecule has 0 saturated carbocycles. The molecular weight excluding hydrogens is 389 g/mol. The van der Waals surface area contributed by atoms with Crippen molar-refractivity contribution in [2.45, 2.75) is 20.5 Å². The lowest BCUT2D eigenvalue weighted by atomic mass is 10.1. The van der Waals surface area contributed by atoms with Gasteiger partial charge in [-0.05, 0) is 55.8 Å². The molecule has 0 aliphatic rings. The lowest BCUT2D eigenvalue weighted by Gasteiger charge is -2.11. The Hall–Kier alpha value is -3.61. The average molecular weight is 411 g/mol. The van der Waals surface area contributed by atoms with E-state index in [2.05, 4.69) is 5.16 Å². The summed E-state index contributed by atoms with van der Waals surface area (Å²) in [6.45, 7) is 3.38. The lowest BCUT2D eigenvalue weighted by Crippen LogP contribution is -2.15. The minimum atomic E-state index is -0.555. The zero-order valence-electron chi connectivity index (χ0n) is 17.0. The first-order chi connectivity index (χ1) is 14.5. The molecule has 0 aliphatic heterocycles. The number of esters is 1. The number of benzene rings is 2. The fraction of sp³-hybridized carbons (Fsp3) is 0.217. The highest BCUT2D eigenvalue weighted by Crippen LogP contribution is 2.29. The molecule has 0 unspecified atom stereocenters. The molecule has 1 aromatic heterocycles. The van der Waals surface area contributed by atoms with Crippen LogP contribution in [0.15, 0.2) is 53.1 Å². The summed E-state index contributed by atoms with van der Waals surface area (Å²) in [5.41, 5.74) is 2.85. The predicted molar refractivity (Wildman–Crippen MR) is 110 cm³/mol. The third kappa shape index (κ3) is 5.05. The van der Waals surface area contributed by atoms with Gasteiger partial charge in [-0.15, -0.1) is 0 Å². The van der Waals surface area contributed by atoms with E-state index in [0.29, 0.717) is 28.5 Å². The summed E-state index contributed by atoms with van der Waals surface area (Å²) in [6.07, 6.45) is 3.85. The molecule has 0 fully saturated rings. The van der Waals surface area contributed by atoms with E-state index in [0.717, 1.165) is 11.1 Å². The fourth-order valence-electron chi connectivity index (χ4n) is 2.80. The second-order valence-corrected chi connectivity index (χ2v) is 6.45. The number of rotatable bonds is 8. The molecule has 6 nitrogen and oxygen atoms in total. The number of allylic oxidation sites excluding steroid dienone is 1. The molecule has 30 heavy (non-hydrogen) atoms. The predicted octanol–water partition coefficient (Wildman–Crippen LogP) is 4.95. The van der Waals surface area contributed by atoms with Crippen LogP contribution in [0.2, 0.25) is 0 Å². The van der Waals surface area contributed by atoms with E-state index in [1.807, 2.05) is 31.2 Å². The zero-order chi connectivity index (χ0) is 21.5. The molecular formula is C23H22FNO5. The zero-order valence-corrected chi connectivity index (χ0v) is 17.0. The number of hydrogen-bond acceptors (Lipinski definition) is 6. The van der Waals surface area contributed by atoms with Crippen molar-refractivity contribution in [3.05, 3.63) is 71.2 Å². The summed E-state index contributed by atoms with van der Waals surface area (Å²) < 4.78 is 34.5. The Bertz CT molecular complexity index is 1040. The van der Waals surface area contributed by atoms with Crippen LogP contribution in [0.25, 0.3) is 17.4 Å². The van der Waals surface area contributed by atoms with Crippen LogP contribution >= 0.6 is 0 Å². The Morgan fingerprint density at radius 1 is 1.17 bits per heavy atom. The van der Waals surface area contributed by atoms with Gasteiger partial charge in [0.05, 0.1) is 7.11 Å². The standard InChI is InChI=1S/C23H22FNO5/c1-4-5-16-6-11-20(21(12-16)27-3)28-14-22(26)29-13-19-15(2)23(30-25-19)17-7-9-18(24)10-8-17/h4-12H,13-14H2,1-3H3/b5-4+. The van der Waals surface area contributed by atoms with Crippen molar-refractivity contribution in [3.63, 3.8) is 0 Å². The number of ether oxygens (including phenoxy) is 3. The first kappa shape index (κ1) is 21.1. The Labute approximate surface area is 173 Å². The van der Waals surface area contributed by atoms with Crippen molar-refractivity contribution < 1.29 is 27.9 Å². The van der Waals surface area contributed by atoms with Crippen molar-refractivity contribution in [2.24, 2.45) is 0 Å². The van der Waals surface area contributed by atoms with Gasteiger partial charge in [0.2, 0.25) is 0 Å². The Morgan fingerprint density at radius 2 is 1.93 bits per heavy atom. The van der Waals surface area contributed by atoms with Crippen LogP contribution in [0.3, 0.4) is 0 Å². The maximum Gasteiger partial charge on any atom is 0.344 e. The van der Waals surface area contributed by atoms with Gasteiger partial charge in [0.15, 0.2) is 23.9 Å². The summed E-state index contributed by atoms with van der Waals surface area (Å²) in [5, 5.41) is 3.95. The molecule has 0 aliphatic carbocycles. The number of carbonyl (C=O) groups is 1. The number of hydrogen-bond donors (Lipinski definition) is 0. The molecule has 0 atom stereocenters. The molecule has 2 aromatic carbocycles. The van der Waals surface area contributed by atoms with Gasteiger partial charge in [-0.3, -0.25) is 0 Å². The van der Waals surface area contributed by atoms with Crippen molar-refractivity contribution in [1.29, 1.82) is 0 Å². The quantitative estimate of drug-likeness (QED) is 0.488. The van der Waals surface area contributed by atoms with Gasteiger partial charge in [0, 0.05) is 11.1 Å². The van der Waals surface area contributed by atoms with Gasteiger partial charge in [-0.1, -0.05) is 23.4 Å². The van der Waals surface area contributed by atoms with E-state index in [4.69, 9.17) is 18.7 Å². The minimum Gasteiger partial charge on any atom is -0.493 e. The maximum absolute atomic E-state index is 13.1. The second-order valence-electron chi connectivity index (χ2n) is 6.45. The van der Waals surface area contributed by atoms with E-state index >= 15 is 0 Å². The van der Waals surface area contributed by atoms with Crippen LogP contribution in [0.4, 0.5) is 4.39 Å². The highest BCUT2D eigenvalue weighted by molar-refractivity contribution is 5.71. The van der Waals surface area contributed by atoms with Gasteiger partial charge in [0.1, 0.15) is 18.1 Å². The molecule has 0 N–H and O–H groups in total. The largest absolute Gasteiger partial charge is 0.493 e. The van der Waals surface area contributed by atoms with E-state index in [1.54, 1.807) is 25.1 Å². The fourth-order valence-corrected chi connectivity index (χ4v) is 2.80. The molecule has 0 radical (unpaired) electrons. The van der Waals surface area contributed by atoms with Gasteiger partial charge in [-0.25, -0.2) is 9.18 Å². The van der Waals surface area contributed by atoms with Crippen LogP contribution in [0.1, 0.15) is 23.7 Å². The van der Waals surface area contributed by atoms with Crippen LogP contribution in [-0.4, -0.2) is 24.8 Å². The molecule has 3 aromatic rings. The first-order valence-corrected chi connectivity index (χ1v) is 9.32. The smallest absolute Gasteiger partial charge is 0.344 e. The van der Waals surface area contributed by atoms with Crippen molar-refractivity contribution >= 4 is 12.0 Å². The van der Waals surface area contributed by atoms with Crippen molar-refractivity contribution in [1.82, 2.24) is 5.16 Å². The number of halogens is 1. The molecule has 7 heteroatoms. The summed E-state index contributed by atoms with van der Waals surface area (Å²) in [4.78, 5) is 12.1. The minimum absolute atomic E-state index is 0.0594.